The van der Waals surface area contributed by atoms with E-state index in [9.17, 15) is 4.79 Å². The summed E-state index contributed by atoms with van der Waals surface area (Å²) in [7, 11) is 0. The molecule has 6 nitrogen and oxygen atoms in total. The average Bonchev–Trinajstić information content (AvgIpc) is 3.49. The maximum absolute atomic E-state index is 11.0. The second kappa shape index (κ2) is 8.83. The molecule has 0 aromatic heterocycles. The SMILES string of the molecule is O=C(O)C[C@H]1CSC(C2Cc3cc(Oc4ccccc4)cc(NC4CCCC4)c3N2)=N1. The van der Waals surface area contributed by atoms with Crippen molar-refractivity contribution in [3.63, 3.8) is 0 Å². The molecule has 1 saturated carbocycles. The van der Waals surface area contributed by atoms with Gasteiger partial charge in [-0.2, -0.15) is 0 Å². The Balaban J connectivity index is 1.39. The monoisotopic (exact) mass is 437 g/mol. The lowest BCUT2D eigenvalue weighted by Gasteiger charge is -2.19. The fraction of sp³-hybridized carbons (Fsp3) is 0.417. The molecule has 3 N–H and O–H groups in total. The third-order valence-electron chi connectivity index (χ3n) is 6.07. The Labute approximate surface area is 186 Å². The number of carboxylic acids is 1. The molecule has 2 aromatic rings. The van der Waals surface area contributed by atoms with E-state index < -0.39 is 5.97 Å². The predicted octanol–water partition coefficient (Wildman–Crippen LogP) is 5.16. The lowest BCUT2D eigenvalue weighted by Crippen LogP contribution is -2.24. The van der Waals surface area contributed by atoms with Crippen molar-refractivity contribution in [1.82, 2.24) is 0 Å². The molecule has 0 bridgehead atoms. The topological polar surface area (TPSA) is 83.0 Å². The van der Waals surface area contributed by atoms with E-state index in [4.69, 9.17) is 14.8 Å². The molecule has 2 atom stereocenters. The van der Waals surface area contributed by atoms with Gasteiger partial charge in [-0.25, -0.2) is 0 Å². The minimum absolute atomic E-state index is 0.0925. The molecule has 1 unspecified atom stereocenters. The molecule has 1 aliphatic carbocycles. The highest BCUT2D eigenvalue weighted by atomic mass is 32.2. The van der Waals surface area contributed by atoms with E-state index in [0.717, 1.165) is 40.1 Å². The third-order valence-corrected chi connectivity index (χ3v) is 7.31. The van der Waals surface area contributed by atoms with Gasteiger partial charge in [-0.1, -0.05) is 31.0 Å². The van der Waals surface area contributed by atoms with Crippen LogP contribution in [0.25, 0.3) is 0 Å². The lowest BCUT2D eigenvalue weighted by molar-refractivity contribution is -0.137. The summed E-state index contributed by atoms with van der Waals surface area (Å²) in [4.78, 5) is 15.7. The van der Waals surface area contributed by atoms with E-state index in [1.165, 1.54) is 31.2 Å². The number of thioether (sulfide) groups is 1. The van der Waals surface area contributed by atoms with E-state index in [0.29, 0.717) is 6.04 Å². The van der Waals surface area contributed by atoms with E-state index in [-0.39, 0.29) is 18.5 Å². The van der Waals surface area contributed by atoms with Gasteiger partial charge in [0.05, 0.1) is 34.9 Å². The summed E-state index contributed by atoms with van der Waals surface area (Å²) in [6, 6.07) is 14.5. The number of para-hydroxylation sites is 1. The van der Waals surface area contributed by atoms with Gasteiger partial charge in [0.1, 0.15) is 11.5 Å². The highest BCUT2D eigenvalue weighted by molar-refractivity contribution is 8.14. The molecule has 0 spiro atoms. The van der Waals surface area contributed by atoms with Gasteiger partial charge in [-0.15, -0.1) is 11.8 Å². The van der Waals surface area contributed by atoms with Crippen molar-refractivity contribution in [2.75, 3.05) is 16.4 Å². The van der Waals surface area contributed by atoms with Crippen LogP contribution in [0.1, 0.15) is 37.7 Å². The third kappa shape index (κ3) is 4.66. The molecule has 1 fully saturated rings. The van der Waals surface area contributed by atoms with Crippen LogP contribution in [-0.4, -0.2) is 40.0 Å². The van der Waals surface area contributed by atoms with Crippen molar-refractivity contribution in [3.05, 3.63) is 48.0 Å². The van der Waals surface area contributed by atoms with Crippen LogP contribution in [0.3, 0.4) is 0 Å². The van der Waals surface area contributed by atoms with Crippen LogP contribution in [0.4, 0.5) is 11.4 Å². The van der Waals surface area contributed by atoms with E-state index in [1.54, 1.807) is 11.8 Å². The minimum Gasteiger partial charge on any atom is -0.481 e. The molecule has 7 heteroatoms. The fourth-order valence-corrected chi connectivity index (χ4v) is 5.74. The Morgan fingerprint density at radius 3 is 2.77 bits per heavy atom. The smallest absolute Gasteiger partial charge is 0.305 e. The molecular formula is C24H27N3O3S. The Morgan fingerprint density at radius 1 is 1.19 bits per heavy atom. The van der Waals surface area contributed by atoms with Crippen LogP contribution in [0.2, 0.25) is 0 Å². The van der Waals surface area contributed by atoms with E-state index in [2.05, 4.69) is 22.8 Å². The van der Waals surface area contributed by atoms with Crippen LogP contribution in [0.5, 0.6) is 11.5 Å². The number of carbonyl (C=O) groups is 1. The minimum atomic E-state index is -0.788. The summed E-state index contributed by atoms with van der Waals surface area (Å²) < 4.78 is 6.16. The zero-order valence-electron chi connectivity index (χ0n) is 17.3. The molecule has 2 aromatic carbocycles. The van der Waals surface area contributed by atoms with Crippen LogP contribution in [-0.2, 0) is 11.2 Å². The second-order valence-corrected chi connectivity index (χ2v) is 9.52. The number of fused-ring (bicyclic) bond motifs is 1. The number of rotatable bonds is 7. The number of aliphatic carboxylic acids is 1. The number of nitrogens with one attached hydrogen (secondary N) is 2. The van der Waals surface area contributed by atoms with E-state index >= 15 is 0 Å². The van der Waals surface area contributed by atoms with Gasteiger partial charge in [0.15, 0.2) is 0 Å². The average molecular weight is 438 g/mol. The van der Waals surface area contributed by atoms with Gasteiger partial charge in [0.25, 0.3) is 0 Å². The first-order valence-corrected chi connectivity index (χ1v) is 12.0. The van der Waals surface area contributed by atoms with Crippen LogP contribution < -0.4 is 15.4 Å². The van der Waals surface area contributed by atoms with Crippen LogP contribution in [0.15, 0.2) is 47.5 Å². The second-order valence-electron chi connectivity index (χ2n) is 8.48. The number of aliphatic imine (C=N–C) groups is 1. The van der Waals surface area contributed by atoms with Gasteiger partial charge >= 0.3 is 5.97 Å². The Bertz CT molecular complexity index is 989. The van der Waals surface area contributed by atoms with Crippen molar-refractivity contribution >= 4 is 34.1 Å². The molecule has 2 aliphatic heterocycles. The quantitative estimate of drug-likeness (QED) is 0.555. The molecule has 0 radical (unpaired) electrons. The van der Waals surface area contributed by atoms with Gasteiger partial charge in [0.2, 0.25) is 0 Å². The first-order valence-electron chi connectivity index (χ1n) is 11.0. The molecule has 3 aliphatic rings. The summed E-state index contributed by atoms with van der Waals surface area (Å²) >= 11 is 1.68. The molecular weight excluding hydrogens is 410 g/mol. The van der Waals surface area contributed by atoms with Gasteiger partial charge in [-0.05, 0) is 36.6 Å². The number of hydrogen-bond acceptors (Lipinski definition) is 6. The van der Waals surface area contributed by atoms with Gasteiger partial charge in [-0.3, -0.25) is 9.79 Å². The van der Waals surface area contributed by atoms with Gasteiger partial charge < -0.3 is 20.5 Å². The molecule has 5 rings (SSSR count). The largest absolute Gasteiger partial charge is 0.481 e. The van der Waals surface area contributed by atoms with Crippen LogP contribution in [0, 0.1) is 0 Å². The van der Waals surface area contributed by atoms with Crippen molar-refractivity contribution in [2.24, 2.45) is 4.99 Å². The number of hydrogen-bond donors (Lipinski definition) is 3. The summed E-state index contributed by atoms with van der Waals surface area (Å²) in [5.41, 5.74) is 3.43. The first-order chi connectivity index (χ1) is 15.1. The molecule has 31 heavy (non-hydrogen) atoms. The van der Waals surface area contributed by atoms with Crippen molar-refractivity contribution in [2.45, 2.75) is 56.7 Å². The van der Waals surface area contributed by atoms with Crippen molar-refractivity contribution in [1.29, 1.82) is 0 Å². The zero-order chi connectivity index (χ0) is 21.2. The fourth-order valence-electron chi connectivity index (χ4n) is 4.62. The number of carboxylic acid groups (broad SMARTS) is 1. The molecule has 0 saturated heterocycles. The Kier molecular flexibility index (Phi) is 5.76. The summed E-state index contributed by atoms with van der Waals surface area (Å²) in [6.45, 7) is 0. The lowest BCUT2D eigenvalue weighted by atomic mass is 10.1. The number of anilines is 2. The molecule has 0 amide bonds. The summed E-state index contributed by atoms with van der Waals surface area (Å²) in [5.74, 6) is 1.61. The van der Waals surface area contributed by atoms with Crippen molar-refractivity contribution < 1.29 is 14.6 Å². The van der Waals surface area contributed by atoms with Crippen LogP contribution >= 0.6 is 11.8 Å². The van der Waals surface area contributed by atoms with E-state index in [1.807, 2.05) is 30.3 Å². The molecule has 162 valence electrons. The number of nitrogens with zero attached hydrogens (tertiary/aromatic N) is 1. The first kappa shape index (κ1) is 20.2. The normalized spacial score (nSPS) is 22.6. The molecule has 2 heterocycles. The van der Waals surface area contributed by atoms with Gasteiger partial charge in [0, 0.05) is 24.3 Å². The number of ether oxygens (including phenoxy) is 1. The standard InChI is InChI=1S/C24H27N3O3S/c28-22(29)12-17-14-31-24(26-17)21-11-15-10-19(30-18-8-2-1-3-9-18)13-20(23(15)27-21)25-16-6-4-5-7-16/h1-3,8-10,13,16-17,21,25,27H,4-7,11-12,14H2,(H,28,29)/t17-,21?/m0/s1. The highest BCUT2D eigenvalue weighted by Crippen LogP contribution is 2.41. The maximum atomic E-state index is 11.0. The zero-order valence-corrected chi connectivity index (χ0v) is 18.2. The summed E-state index contributed by atoms with van der Waals surface area (Å²) in [5, 5.41) is 17.5. The summed E-state index contributed by atoms with van der Waals surface area (Å²) in [6.07, 6.45) is 5.86. The Hall–Kier alpha value is -2.67. The predicted molar refractivity (Wildman–Crippen MR) is 126 cm³/mol. The van der Waals surface area contributed by atoms with Crippen molar-refractivity contribution in [3.8, 4) is 11.5 Å². The number of benzene rings is 2. The Morgan fingerprint density at radius 2 is 2.00 bits per heavy atom. The maximum Gasteiger partial charge on any atom is 0.305 e. The highest BCUT2D eigenvalue weighted by Gasteiger charge is 2.32.